The number of thioether (sulfide) groups is 2. The van der Waals surface area contributed by atoms with Crippen molar-refractivity contribution in [2.24, 2.45) is 4.99 Å². The molecule has 0 unspecified atom stereocenters. The number of carbonyl (C=O) groups is 1. The molecule has 28 heavy (non-hydrogen) atoms. The molecule has 0 aliphatic carbocycles. The number of hydrogen-bond donors (Lipinski definition) is 0. The first-order valence-corrected chi connectivity index (χ1v) is 10.2. The molecule has 4 rings (SSSR count). The minimum atomic E-state index is -0.0496. The summed E-state index contributed by atoms with van der Waals surface area (Å²) in [7, 11) is 6.99. The summed E-state index contributed by atoms with van der Waals surface area (Å²) < 4.78 is 10.5. The van der Waals surface area contributed by atoms with Gasteiger partial charge in [0.1, 0.15) is 16.4 Å². The second-order valence-electron chi connectivity index (χ2n) is 6.19. The smallest absolute Gasteiger partial charge is 0.269 e. The Morgan fingerprint density at radius 3 is 2.25 bits per heavy atom. The van der Waals surface area contributed by atoms with Gasteiger partial charge in [0.25, 0.3) is 5.91 Å². The molecular formula is C20H19N3O3S2. The van der Waals surface area contributed by atoms with Gasteiger partial charge in [-0.15, -0.1) is 0 Å². The van der Waals surface area contributed by atoms with Crippen LogP contribution in [0.1, 0.15) is 0 Å². The summed E-state index contributed by atoms with van der Waals surface area (Å²) in [5, 5.41) is 1.56. The number of aliphatic imine (C=N–C) groups is 1. The first kappa shape index (κ1) is 18.8. The van der Waals surface area contributed by atoms with E-state index in [-0.39, 0.29) is 5.91 Å². The first-order chi connectivity index (χ1) is 13.5. The molecule has 2 aromatic rings. The summed E-state index contributed by atoms with van der Waals surface area (Å²) >= 11 is 2.98. The van der Waals surface area contributed by atoms with Crippen molar-refractivity contribution in [2.75, 3.05) is 33.2 Å². The highest BCUT2D eigenvalue weighted by atomic mass is 32.2. The Kier molecular flexibility index (Phi) is 4.99. The largest absolute Gasteiger partial charge is 0.497 e. The summed E-state index contributed by atoms with van der Waals surface area (Å²) in [5.41, 5.74) is 1.80. The van der Waals surface area contributed by atoms with E-state index in [2.05, 4.69) is 4.99 Å². The molecule has 2 aromatic carbocycles. The fourth-order valence-corrected chi connectivity index (χ4v) is 5.21. The zero-order valence-corrected chi connectivity index (χ0v) is 17.6. The SMILES string of the molecule is COc1ccc(N=C2S/C(=C3/Sc4ccc(OC)cc4N3C)C(=O)N2C)cc1. The summed E-state index contributed by atoms with van der Waals surface area (Å²) in [5.74, 6) is 1.51. The van der Waals surface area contributed by atoms with Crippen LogP contribution >= 0.6 is 23.5 Å². The van der Waals surface area contributed by atoms with Crippen LogP contribution in [0.5, 0.6) is 11.5 Å². The maximum absolute atomic E-state index is 12.9. The zero-order valence-electron chi connectivity index (χ0n) is 15.9. The van der Waals surface area contributed by atoms with Crippen molar-refractivity contribution < 1.29 is 14.3 Å². The van der Waals surface area contributed by atoms with Crippen molar-refractivity contribution in [3.8, 4) is 11.5 Å². The van der Waals surface area contributed by atoms with Gasteiger partial charge in [0, 0.05) is 25.1 Å². The highest BCUT2D eigenvalue weighted by Crippen LogP contribution is 2.50. The number of methoxy groups -OCH3 is 2. The lowest BCUT2D eigenvalue weighted by atomic mass is 10.3. The lowest BCUT2D eigenvalue weighted by Gasteiger charge is -2.15. The monoisotopic (exact) mass is 413 g/mol. The molecule has 0 bridgehead atoms. The van der Waals surface area contributed by atoms with E-state index >= 15 is 0 Å². The van der Waals surface area contributed by atoms with Gasteiger partial charge in [0.05, 0.1) is 30.6 Å². The van der Waals surface area contributed by atoms with Crippen molar-refractivity contribution in [3.05, 3.63) is 52.4 Å². The standard InChI is InChI=1S/C20H19N3O3S2/c1-22-15-11-14(26-4)9-10-16(15)27-19(22)17-18(24)23(2)20(28-17)21-12-5-7-13(25-3)8-6-12/h5-11H,1-4H3/b19-17+,21-20?. The van der Waals surface area contributed by atoms with Gasteiger partial charge in [0.2, 0.25) is 0 Å². The topological polar surface area (TPSA) is 54.4 Å². The van der Waals surface area contributed by atoms with E-state index in [1.54, 1.807) is 37.9 Å². The number of anilines is 1. The van der Waals surface area contributed by atoms with E-state index in [0.29, 0.717) is 10.1 Å². The van der Waals surface area contributed by atoms with E-state index in [1.807, 2.05) is 54.4 Å². The molecule has 0 N–H and O–H groups in total. The third-order valence-electron chi connectivity index (χ3n) is 4.51. The lowest BCUT2D eigenvalue weighted by molar-refractivity contribution is -0.121. The molecule has 144 valence electrons. The van der Waals surface area contributed by atoms with E-state index in [1.165, 1.54) is 11.8 Å². The van der Waals surface area contributed by atoms with Crippen LogP contribution in [0, 0.1) is 0 Å². The molecule has 2 aliphatic rings. The average molecular weight is 414 g/mol. The summed E-state index contributed by atoms with van der Waals surface area (Å²) in [4.78, 5) is 22.9. The Hall–Kier alpha value is -2.58. The maximum atomic E-state index is 12.9. The fourth-order valence-electron chi connectivity index (χ4n) is 2.90. The second-order valence-corrected chi connectivity index (χ2v) is 8.20. The van der Waals surface area contributed by atoms with Gasteiger partial charge in [-0.3, -0.25) is 9.69 Å². The molecule has 1 fully saturated rings. The normalized spacial score (nSPS) is 20.1. The Morgan fingerprint density at radius 2 is 1.57 bits per heavy atom. The van der Waals surface area contributed by atoms with Gasteiger partial charge in [-0.25, -0.2) is 4.99 Å². The molecule has 2 aliphatic heterocycles. The number of benzene rings is 2. The van der Waals surface area contributed by atoms with Crippen LogP contribution in [0.2, 0.25) is 0 Å². The quantitative estimate of drug-likeness (QED) is 0.699. The number of fused-ring (bicyclic) bond motifs is 1. The van der Waals surface area contributed by atoms with Crippen molar-refractivity contribution >= 4 is 46.0 Å². The van der Waals surface area contributed by atoms with Gasteiger partial charge in [0.15, 0.2) is 5.17 Å². The molecule has 0 radical (unpaired) electrons. The summed E-state index contributed by atoms with van der Waals surface area (Å²) in [6, 6.07) is 13.4. The number of hydrogen-bond acceptors (Lipinski definition) is 7. The molecule has 0 saturated carbocycles. The molecule has 6 nitrogen and oxygen atoms in total. The lowest BCUT2D eigenvalue weighted by Crippen LogP contribution is -2.24. The van der Waals surface area contributed by atoms with Crippen LogP contribution < -0.4 is 14.4 Å². The van der Waals surface area contributed by atoms with Crippen molar-refractivity contribution in [3.63, 3.8) is 0 Å². The molecule has 1 saturated heterocycles. The molecule has 0 atom stereocenters. The molecule has 0 spiro atoms. The van der Waals surface area contributed by atoms with Crippen LogP contribution in [-0.2, 0) is 4.79 Å². The Labute approximate surface area is 172 Å². The first-order valence-electron chi connectivity index (χ1n) is 8.54. The highest BCUT2D eigenvalue weighted by molar-refractivity contribution is 8.19. The Bertz CT molecular complexity index is 1000. The van der Waals surface area contributed by atoms with Crippen LogP contribution in [0.15, 0.2) is 62.3 Å². The number of carbonyl (C=O) groups excluding carboxylic acids is 1. The van der Waals surface area contributed by atoms with Crippen LogP contribution in [0.4, 0.5) is 11.4 Å². The summed E-state index contributed by atoms with van der Waals surface area (Å²) in [6.07, 6.45) is 0. The minimum absolute atomic E-state index is 0.0496. The third kappa shape index (κ3) is 3.22. The summed E-state index contributed by atoms with van der Waals surface area (Å²) in [6.45, 7) is 0. The predicted molar refractivity (Wildman–Crippen MR) is 115 cm³/mol. The van der Waals surface area contributed by atoms with Gasteiger partial charge >= 0.3 is 0 Å². The molecule has 1 amide bonds. The molecule has 2 heterocycles. The highest BCUT2D eigenvalue weighted by Gasteiger charge is 2.37. The zero-order chi connectivity index (χ0) is 19.8. The van der Waals surface area contributed by atoms with Crippen molar-refractivity contribution in [1.82, 2.24) is 4.90 Å². The number of ether oxygens (including phenoxy) is 2. The average Bonchev–Trinajstić information content (AvgIpc) is 3.19. The third-order valence-corrected chi connectivity index (χ3v) is 6.99. The van der Waals surface area contributed by atoms with Gasteiger partial charge in [-0.1, -0.05) is 11.8 Å². The van der Waals surface area contributed by atoms with Crippen LogP contribution in [-0.4, -0.2) is 44.3 Å². The van der Waals surface area contributed by atoms with Gasteiger partial charge < -0.3 is 14.4 Å². The fraction of sp³-hybridized carbons (Fsp3) is 0.200. The van der Waals surface area contributed by atoms with Crippen LogP contribution in [0.25, 0.3) is 0 Å². The number of amidine groups is 1. The Morgan fingerprint density at radius 1 is 0.893 bits per heavy atom. The number of amides is 1. The van der Waals surface area contributed by atoms with Gasteiger partial charge in [-0.2, -0.15) is 0 Å². The van der Waals surface area contributed by atoms with Crippen molar-refractivity contribution in [1.29, 1.82) is 0 Å². The van der Waals surface area contributed by atoms with Crippen LogP contribution in [0.3, 0.4) is 0 Å². The van der Waals surface area contributed by atoms with Crippen molar-refractivity contribution in [2.45, 2.75) is 4.90 Å². The second kappa shape index (κ2) is 7.44. The molecule has 8 heteroatoms. The number of nitrogens with zero attached hydrogens (tertiary/aromatic N) is 3. The van der Waals surface area contributed by atoms with Gasteiger partial charge in [-0.05, 0) is 48.2 Å². The van der Waals surface area contributed by atoms with E-state index < -0.39 is 0 Å². The Balaban J connectivity index is 1.66. The minimum Gasteiger partial charge on any atom is -0.497 e. The number of likely N-dealkylation sites (N-methyl/N-ethyl adjacent to an activating group) is 1. The van der Waals surface area contributed by atoms with E-state index in [4.69, 9.17) is 9.47 Å². The molecule has 0 aromatic heterocycles. The van der Waals surface area contributed by atoms with E-state index in [9.17, 15) is 4.79 Å². The maximum Gasteiger partial charge on any atom is 0.269 e. The molecular weight excluding hydrogens is 394 g/mol. The predicted octanol–water partition coefficient (Wildman–Crippen LogP) is 4.31. The number of rotatable bonds is 3. The van der Waals surface area contributed by atoms with E-state index in [0.717, 1.165) is 32.8 Å².